The summed E-state index contributed by atoms with van der Waals surface area (Å²) in [5.41, 5.74) is 2.80. The molecule has 4 rings (SSSR count). The zero-order valence-corrected chi connectivity index (χ0v) is 17.7. The maximum absolute atomic E-state index is 13.6. The number of nitrogens with one attached hydrogen (secondary N) is 1. The standard InChI is InChI=1S/C22H20F2N4O2S/c1-13-18(21-26-20(27-30-21)15-4-3-5-17(24)12-15)19(14-6-8-16(23)9-7-14)25-22(31)28(13)10-11-29-2/h3-9,12,19H,10-11H2,1-2H3,(H,25,31). The van der Waals surface area contributed by atoms with Crippen LogP contribution < -0.4 is 5.32 Å². The molecule has 0 bridgehead atoms. The van der Waals surface area contributed by atoms with Gasteiger partial charge in [0.2, 0.25) is 5.82 Å². The Morgan fingerprint density at radius 2 is 1.94 bits per heavy atom. The second-order valence-corrected chi connectivity index (χ2v) is 7.40. The van der Waals surface area contributed by atoms with Crippen LogP contribution in [-0.2, 0) is 4.74 Å². The summed E-state index contributed by atoms with van der Waals surface area (Å²) in [4.78, 5) is 6.40. The first-order valence-electron chi connectivity index (χ1n) is 9.61. The van der Waals surface area contributed by atoms with Gasteiger partial charge in [0, 0.05) is 24.9 Å². The number of hydrogen-bond acceptors (Lipinski definition) is 5. The molecular weight excluding hydrogens is 422 g/mol. The summed E-state index contributed by atoms with van der Waals surface area (Å²) < 4.78 is 37.9. The normalized spacial score (nSPS) is 16.6. The third-order valence-electron chi connectivity index (χ3n) is 5.06. The molecule has 0 radical (unpaired) electrons. The van der Waals surface area contributed by atoms with Gasteiger partial charge in [-0.2, -0.15) is 4.98 Å². The fourth-order valence-electron chi connectivity index (χ4n) is 3.49. The molecule has 1 aliphatic heterocycles. The molecule has 1 atom stereocenters. The fraction of sp³-hybridized carbons (Fsp3) is 0.227. The molecule has 0 aliphatic carbocycles. The van der Waals surface area contributed by atoms with Crippen LogP contribution in [0.2, 0.25) is 0 Å². The van der Waals surface area contributed by atoms with Crippen LogP contribution >= 0.6 is 12.2 Å². The third-order valence-corrected chi connectivity index (χ3v) is 5.40. The van der Waals surface area contributed by atoms with E-state index in [1.54, 1.807) is 31.4 Å². The lowest BCUT2D eigenvalue weighted by Crippen LogP contribution is -2.47. The van der Waals surface area contributed by atoms with Crippen molar-refractivity contribution in [3.63, 3.8) is 0 Å². The number of rotatable bonds is 6. The van der Waals surface area contributed by atoms with Crippen LogP contribution in [0.25, 0.3) is 17.0 Å². The van der Waals surface area contributed by atoms with E-state index in [0.717, 1.165) is 11.3 Å². The van der Waals surface area contributed by atoms with Crippen molar-refractivity contribution in [3.05, 3.63) is 77.3 Å². The Bertz CT molecular complexity index is 1130. The van der Waals surface area contributed by atoms with Crippen LogP contribution in [0, 0.1) is 11.6 Å². The lowest BCUT2D eigenvalue weighted by Gasteiger charge is -2.37. The van der Waals surface area contributed by atoms with E-state index < -0.39 is 6.04 Å². The van der Waals surface area contributed by atoms with Gasteiger partial charge < -0.3 is 19.5 Å². The predicted octanol–water partition coefficient (Wildman–Crippen LogP) is 4.32. The van der Waals surface area contributed by atoms with Crippen molar-refractivity contribution in [1.29, 1.82) is 0 Å². The van der Waals surface area contributed by atoms with Gasteiger partial charge in [-0.3, -0.25) is 0 Å². The summed E-state index contributed by atoms with van der Waals surface area (Å²) in [5.74, 6) is -0.191. The lowest BCUT2D eigenvalue weighted by atomic mass is 9.95. The van der Waals surface area contributed by atoms with E-state index in [4.69, 9.17) is 21.5 Å². The van der Waals surface area contributed by atoms with Crippen LogP contribution in [0.1, 0.15) is 24.4 Å². The number of benzene rings is 2. The Kier molecular flexibility index (Phi) is 6.06. The zero-order chi connectivity index (χ0) is 22.0. The van der Waals surface area contributed by atoms with E-state index in [9.17, 15) is 8.78 Å². The second kappa shape index (κ2) is 8.91. The molecule has 2 heterocycles. The molecule has 9 heteroatoms. The molecule has 1 N–H and O–H groups in total. The topological polar surface area (TPSA) is 63.4 Å². The van der Waals surface area contributed by atoms with E-state index in [-0.39, 0.29) is 23.3 Å². The van der Waals surface area contributed by atoms with Crippen molar-refractivity contribution >= 4 is 22.9 Å². The second-order valence-electron chi connectivity index (χ2n) is 7.01. The van der Waals surface area contributed by atoms with Gasteiger partial charge in [0.1, 0.15) is 11.6 Å². The number of methoxy groups -OCH3 is 1. The van der Waals surface area contributed by atoms with Crippen LogP contribution in [0.3, 0.4) is 0 Å². The van der Waals surface area contributed by atoms with Gasteiger partial charge in [-0.05, 0) is 49.0 Å². The summed E-state index contributed by atoms with van der Waals surface area (Å²) in [6.45, 7) is 2.89. The van der Waals surface area contributed by atoms with E-state index in [0.29, 0.717) is 29.4 Å². The summed E-state index contributed by atoms with van der Waals surface area (Å²) in [5, 5.41) is 7.83. The number of aromatic nitrogens is 2. The van der Waals surface area contributed by atoms with Crippen molar-refractivity contribution in [2.24, 2.45) is 0 Å². The van der Waals surface area contributed by atoms with Gasteiger partial charge in [0.25, 0.3) is 5.89 Å². The van der Waals surface area contributed by atoms with Crippen molar-refractivity contribution in [2.75, 3.05) is 20.3 Å². The van der Waals surface area contributed by atoms with E-state index in [2.05, 4.69) is 15.5 Å². The van der Waals surface area contributed by atoms with Crippen LogP contribution in [-0.4, -0.2) is 40.4 Å². The largest absolute Gasteiger partial charge is 0.383 e. The monoisotopic (exact) mass is 442 g/mol. The molecule has 6 nitrogen and oxygen atoms in total. The molecule has 1 unspecified atom stereocenters. The molecule has 1 aliphatic rings. The Morgan fingerprint density at radius 1 is 1.16 bits per heavy atom. The Balaban J connectivity index is 1.80. The summed E-state index contributed by atoms with van der Waals surface area (Å²) in [6, 6.07) is 11.7. The summed E-state index contributed by atoms with van der Waals surface area (Å²) >= 11 is 5.56. The number of halogens is 2. The minimum absolute atomic E-state index is 0.267. The quantitative estimate of drug-likeness (QED) is 0.571. The molecule has 0 spiro atoms. The number of ether oxygens (including phenoxy) is 1. The summed E-state index contributed by atoms with van der Waals surface area (Å²) in [6.07, 6.45) is 0. The minimum Gasteiger partial charge on any atom is -0.383 e. The first kappa shape index (κ1) is 21.1. The molecule has 0 saturated heterocycles. The van der Waals surface area contributed by atoms with Gasteiger partial charge >= 0.3 is 0 Å². The van der Waals surface area contributed by atoms with Gasteiger partial charge in [-0.1, -0.05) is 29.4 Å². The average Bonchev–Trinajstić information content (AvgIpc) is 3.23. The number of nitrogens with zero attached hydrogens (tertiary/aromatic N) is 3. The molecular formula is C22H20F2N4O2S. The average molecular weight is 442 g/mol. The highest BCUT2D eigenvalue weighted by Crippen LogP contribution is 2.37. The van der Waals surface area contributed by atoms with Gasteiger partial charge in [0.15, 0.2) is 5.11 Å². The van der Waals surface area contributed by atoms with Crippen molar-refractivity contribution in [3.8, 4) is 11.4 Å². The molecule has 0 amide bonds. The predicted molar refractivity (Wildman–Crippen MR) is 116 cm³/mol. The summed E-state index contributed by atoms with van der Waals surface area (Å²) in [7, 11) is 1.62. The van der Waals surface area contributed by atoms with Gasteiger partial charge in [-0.15, -0.1) is 0 Å². The Hall–Kier alpha value is -3.17. The highest BCUT2D eigenvalue weighted by molar-refractivity contribution is 7.80. The number of allylic oxidation sites excluding steroid dienone is 1. The molecule has 160 valence electrons. The molecule has 1 aromatic heterocycles. The molecule has 31 heavy (non-hydrogen) atoms. The molecule has 0 saturated carbocycles. The highest BCUT2D eigenvalue weighted by Gasteiger charge is 2.34. The van der Waals surface area contributed by atoms with Gasteiger partial charge in [0.05, 0.1) is 18.2 Å². The Labute approximate surface area is 183 Å². The molecule has 0 fully saturated rings. The van der Waals surface area contributed by atoms with E-state index in [1.807, 2.05) is 11.8 Å². The SMILES string of the molecule is COCCN1C(=S)NC(c2ccc(F)cc2)C(c2nc(-c3cccc(F)c3)no2)=C1C. The van der Waals surface area contributed by atoms with Crippen molar-refractivity contribution in [1.82, 2.24) is 20.4 Å². The number of thiocarbonyl (C=S) groups is 1. The lowest BCUT2D eigenvalue weighted by molar-refractivity contribution is 0.183. The molecule has 3 aromatic rings. The smallest absolute Gasteiger partial charge is 0.258 e. The minimum atomic E-state index is -0.423. The van der Waals surface area contributed by atoms with E-state index >= 15 is 0 Å². The first-order valence-corrected chi connectivity index (χ1v) is 10.0. The Morgan fingerprint density at radius 3 is 2.65 bits per heavy atom. The van der Waals surface area contributed by atoms with Crippen LogP contribution in [0.15, 0.2) is 58.8 Å². The first-order chi connectivity index (χ1) is 15.0. The molecule has 2 aromatic carbocycles. The van der Waals surface area contributed by atoms with Crippen molar-refractivity contribution in [2.45, 2.75) is 13.0 Å². The zero-order valence-electron chi connectivity index (χ0n) is 16.9. The highest BCUT2D eigenvalue weighted by atomic mass is 32.1. The maximum Gasteiger partial charge on any atom is 0.258 e. The third kappa shape index (κ3) is 4.33. The van der Waals surface area contributed by atoms with Crippen molar-refractivity contribution < 1.29 is 18.0 Å². The number of hydrogen-bond donors (Lipinski definition) is 1. The maximum atomic E-state index is 13.6. The van der Waals surface area contributed by atoms with Gasteiger partial charge in [-0.25, -0.2) is 8.78 Å². The fourth-order valence-corrected chi connectivity index (χ4v) is 3.84. The van der Waals surface area contributed by atoms with Crippen LogP contribution in [0.5, 0.6) is 0 Å². The van der Waals surface area contributed by atoms with Crippen LogP contribution in [0.4, 0.5) is 8.78 Å². The van der Waals surface area contributed by atoms with E-state index in [1.165, 1.54) is 24.3 Å².